The zero-order chi connectivity index (χ0) is 38.1. The van der Waals surface area contributed by atoms with Gasteiger partial charge in [0.05, 0.1) is 11.4 Å². The zero-order valence-corrected chi connectivity index (χ0v) is 31.9. The van der Waals surface area contributed by atoms with E-state index in [1.54, 1.807) is 0 Å². The van der Waals surface area contributed by atoms with Crippen molar-refractivity contribution < 1.29 is 0 Å². The van der Waals surface area contributed by atoms with Crippen molar-refractivity contribution in [3.8, 4) is 67.3 Å². The number of nitrogens with zero attached hydrogens (tertiary/aromatic N) is 2. The third-order valence-corrected chi connectivity index (χ3v) is 12.0. The second-order valence-corrected chi connectivity index (χ2v) is 15.8. The van der Waals surface area contributed by atoms with Crippen molar-refractivity contribution in [2.24, 2.45) is 0 Å². The largest absolute Gasteiger partial charge is 0.228 e. The van der Waals surface area contributed by atoms with Crippen molar-refractivity contribution in [1.82, 2.24) is 9.97 Å². The third kappa shape index (κ3) is 5.48. The van der Waals surface area contributed by atoms with Gasteiger partial charge in [-0.1, -0.05) is 178 Å². The molecule has 57 heavy (non-hydrogen) atoms. The molecule has 1 aliphatic rings. The Balaban J connectivity index is 1.07. The highest BCUT2D eigenvalue weighted by Crippen LogP contribution is 2.54. The maximum atomic E-state index is 5.29. The number of hydrogen-bond donors (Lipinski definition) is 0. The van der Waals surface area contributed by atoms with Gasteiger partial charge in [0.2, 0.25) is 0 Å². The highest BCUT2D eigenvalue weighted by Gasteiger charge is 2.38. The Morgan fingerprint density at radius 2 is 0.895 bits per heavy atom. The molecule has 0 atom stereocenters. The van der Waals surface area contributed by atoms with E-state index in [2.05, 4.69) is 202 Å². The smallest absolute Gasteiger partial charge is 0.160 e. The number of aromatic nitrogens is 2. The molecule has 0 unspecified atom stereocenters. The molecule has 1 aromatic heterocycles. The van der Waals surface area contributed by atoms with Gasteiger partial charge in [0.15, 0.2) is 5.82 Å². The van der Waals surface area contributed by atoms with Gasteiger partial charge in [-0.05, 0) is 107 Å². The summed E-state index contributed by atoms with van der Waals surface area (Å²) in [6.45, 7) is 4.77. The van der Waals surface area contributed by atoms with Crippen LogP contribution < -0.4 is 0 Å². The van der Waals surface area contributed by atoms with Crippen LogP contribution >= 0.6 is 0 Å². The van der Waals surface area contributed by atoms with Gasteiger partial charge in [-0.2, -0.15) is 0 Å². The van der Waals surface area contributed by atoms with Crippen LogP contribution in [0.1, 0.15) is 25.0 Å². The summed E-state index contributed by atoms with van der Waals surface area (Å²) in [5.74, 6) is 0.708. The number of rotatable bonds is 5. The Labute approximate surface area is 332 Å². The van der Waals surface area contributed by atoms with Crippen LogP contribution in [0.3, 0.4) is 0 Å². The fourth-order valence-electron chi connectivity index (χ4n) is 9.22. The zero-order valence-electron chi connectivity index (χ0n) is 31.9. The van der Waals surface area contributed by atoms with Crippen molar-refractivity contribution in [3.05, 3.63) is 205 Å². The summed E-state index contributed by atoms with van der Waals surface area (Å²) < 4.78 is 0. The lowest BCUT2D eigenvalue weighted by atomic mass is 9.78. The first-order valence-corrected chi connectivity index (χ1v) is 19.7. The van der Waals surface area contributed by atoms with Gasteiger partial charge >= 0.3 is 0 Å². The first kappa shape index (κ1) is 33.2. The van der Waals surface area contributed by atoms with Crippen molar-refractivity contribution in [2.45, 2.75) is 19.3 Å². The predicted molar refractivity (Wildman–Crippen MR) is 239 cm³/mol. The Hall–Kier alpha value is -7.16. The predicted octanol–water partition coefficient (Wildman–Crippen LogP) is 14.6. The summed E-state index contributed by atoms with van der Waals surface area (Å²) in [7, 11) is 0. The minimum absolute atomic E-state index is 0.168. The second-order valence-electron chi connectivity index (χ2n) is 15.8. The highest BCUT2D eigenvalue weighted by atomic mass is 14.9. The standard InChI is InChI=1S/C55H38N2/c1-55(2)50-33-40-19-9-8-18-39(40)32-49(50)48-25-13-24-47(53(48)55)45-28-29-46(44-23-11-10-22-43(44)45)52-34-51(56-54(57-52)36-15-4-3-5-16-36)42-21-12-20-38(31-42)41-27-26-35-14-6-7-17-37(35)30-41/h3-34H,1-2H3. The van der Waals surface area contributed by atoms with Gasteiger partial charge in [-0.15, -0.1) is 0 Å². The molecule has 0 amide bonds. The number of hydrogen-bond acceptors (Lipinski definition) is 2. The average Bonchev–Trinajstić information content (AvgIpc) is 3.50. The molecule has 0 N–H and O–H groups in total. The fraction of sp³-hybridized carbons (Fsp3) is 0.0545. The lowest BCUT2D eigenvalue weighted by molar-refractivity contribution is 0.663. The van der Waals surface area contributed by atoms with E-state index in [1.165, 1.54) is 71.3 Å². The molecule has 1 heterocycles. The fourth-order valence-corrected chi connectivity index (χ4v) is 9.22. The summed E-state index contributed by atoms with van der Waals surface area (Å²) in [6, 6.07) is 70.2. The minimum Gasteiger partial charge on any atom is -0.228 e. The molecule has 0 saturated carbocycles. The summed E-state index contributed by atoms with van der Waals surface area (Å²) in [6.07, 6.45) is 0. The number of fused-ring (bicyclic) bond motifs is 6. The van der Waals surface area contributed by atoms with E-state index in [1.807, 2.05) is 6.07 Å². The van der Waals surface area contributed by atoms with Gasteiger partial charge in [-0.25, -0.2) is 9.97 Å². The van der Waals surface area contributed by atoms with Gasteiger partial charge in [0.1, 0.15) is 0 Å². The van der Waals surface area contributed by atoms with Crippen LogP contribution in [0.5, 0.6) is 0 Å². The van der Waals surface area contributed by atoms with E-state index in [4.69, 9.17) is 9.97 Å². The second kappa shape index (κ2) is 13.0. The molecule has 1 aliphatic carbocycles. The SMILES string of the molecule is CC1(C)c2cc3ccccc3cc2-c2cccc(-c3ccc(-c4cc(-c5cccc(-c6ccc7ccccc7c6)c5)nc(-c5ccccc5)n4)c4ccccc34)c21. The quantitative estimate of drug-likeness (QED) is 0.176. The molecule has 2 nitrogen and oxygen atoms in total. The van der Waals surface area contributed by atoms with E-state index in [9.17, 15) is 0 Å². The monoisotopic (exact) mass is 726 g/mol. The van der Waals surface area contributed by atoms with Crippen molar-refractivity contribution in [1.29, 1.82) is 0 Å². The molecule has 0 radical (unpaired) electrons. The molecule has 0 saturated heterocycles. The summed E-state index contributed by atoms with van der Waals surface area (Å²) in [5, 5.41) is 7.41. The molecule has 9 aromatic carbocycles. The van der Waals surface area contributed by atoms with E-state index in [0.29, 0.717) is 5.82 Å². The average molecular weight is 727 g/mol. The molecule has 0 fully saturated rings. The molecule has 2 heteroatoms. The maximum absolute atomic E-state index is 5.29. The van der Waals surface area contributed by atoms with E-state index < -0.39 is 0 Å². The summed E-state index contributed by atoms with van der Waals surface area (Å²) in [5.41, 5.74) is 15.0. The van der Waals surface area contributed by atoms with Crippen LogP contribution in [-0.4, -0.2) is 9.97 Å². The first-order chi connectivity index (χ1) is 28.0. The van der Waals surface area contributed by atoms with Gasteiger partial charge in [-0.3, -0.25) is 0 Å². The van der Waals surface area contributed by atoms with Crippen LogP contribution in [0.2, 0.25) is 0 Å². The molecule has 0 spiro atoms. The molecule has 10 aromatic rings. The van der Waals surface area contributed by atoms with Crippen molar-refractivity contribution >= 4 is 32.3 Å². The topological polar surface area (TPSA) is 25.8 Å². The van der Waals surface area contributed by atoms with Crippen LogP contribution in [-0.2, 0) is 5.41 Å². The molecular formula is C55H38N2. The molecule has 0 aliphatic heterocycles. The van der Waals surface area contributed by atoms with Crippen LogP contribution in [0.4, 0.5) is 0 Å². The summed E-state index contributed by atoms with van der Waals surface area (Å²) in [4.78, 5) is 10.5. The van der Waals surface area contributed by atoms with Crippen molar-refractivity contribution in [2.75, 3.05) is 0 Å². The minimum atomic E-state index is -0.168. The Morgan fingerprint density at radius 1 is 0.333 bits per heavy atom. The Bertz CT molecular complexity index is 3210. The van der Waals surface area contributed by atoms with E-state index in [0.717, 1.165) is 33.6 Å². The maximum Gasteiger partial charge on any atom is 0.160 e. The van der Waals surface area contributed by atoms with Crippen LogP contribution in [0.25, 0.3) is 99.6 Å². The number of benzene rings is 9. The summed E-state index contributed by atoms with van der Waals surface area (Å²) >= 11 is 0. The van der Waals surface area contributed by atoms with Gasteiger partial charge < -0.3 is 0 Å². The van der Waals surface area contributed by atoms with Crippen LogP contribution in [0.15, 0.2) is 194 Å². The lowest BCUT2D eigenvalue weighted by Crippen LogP contribution is -2.16. The lowest BCUT2D eigenvalue weighted by Gasteiger charge is -2.25. The van der Waals surface area contributed by atoms with E-state index in [-0.39, 0.29) is 5.41 Å². The molecule has 11 rings (SSSR count). The molecule has 268 valence electrons. The van der Waals surface area contributed by atoms with Gasteiger partial charge in [0, 0.05) is 22.1 Å². The molecular weight excluding hydrogens is 689 g/mol. The van der Waals surface area contributed by atoms with Crippen molar-refractivity contribution in [3.63, 3.8) is 0 Å². The van der Waals surface area contributed by atoms with Crippen LogP contribution in [0, 0.1) is 0 Å². The Morgan fingerprint density at radius 3 is 1.68 bits per heavy atom. The highest BCUT2D eigenvalue weighted by molar-refractivity contribution is 6.07. The first-order valence-electron chi connectivity index (χ1n) is 19.7. The third-order valence-electron chi connectivity index (χ3n) is 12.0. The Kier molecular flexibility index (Phi) is 7.55. The molecule has 0 bridgehead atoms. The van der Waals surface area contributed by atoms with Gasteiger partial charge in [0.25, 0.3) is 0 Å². The normalized spacial score (nSPS) is 12.9. The van der Waals surface area contributed by atoms with E-state index >= 15 is 0 Å².